The average molecular weight is 361 g/mol. The molecule has 0 aromatic heterocycles. The summed E-state index contributed by atoms with van der Waals surface area (Å²) in [4.78, 5) is 10.2. The zero-order valence-electron chi connectivity index (χ0n) is 10.4. The number of carboxylic acid groups (broad SMARTS) is 1. The Balaban J connectivity index is 3.02. The molecular formula is C11H12Cl3NO4S. The molecule has 112 valence electrons. The molecule has 0 radical (unpaired) electrons. The number of halogens is 3. The topological polar surface area (TPSA) is 74.7 Å². The molecule has 0 spiro atoms. The fourth-order valence-corrected chi connectivity index (χ4v) is 4.20. The Bertz CT molecular complexity index is 595. The molecule has 1 aromatic rings. The smallest absolute Gasteiger partial charge is 0.303 e. The third kappa shape index (κ3) is 4.23. The number of carboxylic acids is 1. The number of rotatable bonds is 6. The van der Waals surface area contributed by atoms with Crippen LogP contribution >= 0.6 is 34.8 Å². The molecule has 0 saturated heterocycles. The van der Waals surface area contributed by atoms with Crippen molar-refractivity contribution < 1.29 is 18.3 Å². The van der Waals surface area contributed by atoms with E-state index in [1.165, 1.54) is 19.2 Å². The van der Waals surface area contributed by atoms with E-state index >= 15 is 0 Å². The van der Waals surface area contributed by atoms with Crippen LogP contribution in [0.4, 0.5) is 0 Å². The van der Waals surface area contributed by atoms with Gasteiger partial charge in [0, 0.05) is 25.0 Å². The molecule has 0 aliphatic rings. The Hall–Kier alpha value is -0.530. The Morgan fingerprint density at radius 2 is 1.75 bits per heavy atom. The van der Waals surface area contributed by atoms with Crippen molar-refractivity contribution in [2.24, 2.45) is 0 Å². The van der Waals surface area contributed by atoms with E-state index in [4.69, 9.17) is 39.9 Å². The van der Waals surface area contributed by atoms with Crippen molar-refractivity contribution in [3.8, 4) is 0 Å². The van der Waals surface area contributed by atoms with Crippen LogP contribution in [0.5, 0.6) is 0 Å². The molecule has 0 heterocycles. The van der Waals surface area contributed by atoms with Gasteiger partial charge in [0.25, 0.3) is 0 Å². The lowest BCUT2D eigenvalue weighted by Gasteiger charge is -2.18. The monoisotopic (exact) mass is 359 g/mol. The summed E-state index contributed by atoms with van der Waals surface area (Å²) in [6.45, 7) is 0.0456. The van der Waals surface area contributed by atoms with E-state index in [1.54, 1.807) is 0 Å². The fourth-order valence-electron chi connectivity index (χ4n) is 1.50. The first-order valence-corrected chi connectivity index (χ1v) is 8.06. The van der Waals surface area contributed by atoms with Crippen LogP contribution in [0.2, 0.25) is 15.1 Å². The average Bonchev–Trinajstić information content (AvgIpc) is 2.26. The van der Waals surface area contributed by atoms with Gasteiger partial charge in [0.1, 0.15) is 4.90 Å². The number of aliphatic carboxylic acids is 1. The minimum atomic E-state index is -3.90. The van der Waals surface area contributed by atoms with Crippen molar-refractivity contribution in [1.29, 1.82) is 0 Å². The number of benzene rings is 1. The van der Waals surface area contributed by atoms with E-state index in [1.807, 2.05) is 0 Å². The van der Waals surface area contributed by atoms with Crippen molar-refractivity contribution >= 4 is 50.8 Å². The van der Waals surface area contributed by atoms with E-state index in [0.717, 1.165) is 4.31 Å². The second-order valence-corrected chi connectivity index (χ2v) is 7.25. The molecule has 1 N–H and O–H groups in total. The van der Waals surface area contributed by atoms with Crippen LogP contribution in [-0.2, 0) is 14.8 Å². The van der Waals surface area contributed by atoms with Gasteiger partial charge in [-0.2, -0.15) is 0 Å². The minimum absolute atomic E-state index is 0.0456. The highest BCUT2D eigenvalue weighted by molar-refractivity contribution is 7.89. The first-order chi connectivity index (χ1) is 9.16. The number of sulfonamides is 1. The molecule has 20 heavy (non-hydrogen) atoms. The van der Waals surface area contributed by atoms with Crippen LogP contribution < -0.4 is 0 Å². The van der Waals surface area contributed by atoms with Crippen LogP contribution in [0.15, 0.2) is 17.0 Å². The van der Waals surface area contributed by atoms with Gasteiger partial charge in [0.05, 0.1) is 10.0 Å². The standard InChI is InChI=1S/C11H12Cl3NO4S/c1-15(4-2-3-10(16)17)20(18,19)11-8(13)5-7(12)6-9(11)14/h5-6H,2-4H2,1H3,(H,16,17). The van der Waals surface area contributed by atoms with E-state index in [2.05, 4.69) is 0 Å². The fraction of sp³-hybridized carbons (Fsp3) is 0.364. The Morgan fingerprint density at radius 3 is 2.20 bits per heavy atom. The maximum absolute atomic E-state index is 12.3. The molecule has 5 nitrogen and oxygen atoms in total. The summed E-state index contributed by atoms with van der Waals surface area (Å²) in [6, 6.07) is 2.57. The van der Waals surface area contributed by atoms with Crippen molar-refractivity contribution in [2.75, 3.05) is 13.6 Å². The zero-order chi connectivity index (χ0) is 15.5. The third-order valence-corrected chi connectivity index (χ3v) is 5.49. The minimum Gasteiger partial charge on any atom is -0.481 e. The van der Waals surface area contributed by atoms with Crippen LogP contribution in [0.1, 0.15) is 12.8 Å². The lowest BCUT2D eigenvalue weighted by molar-refractivity contribution is -0.137. The Labute approximate surface area is 132 Å². The normalized spacial score (nSPS) is 11.8. The van der Waals surface area contributed by atoms with Gasteiger partial charge in [-0.05, 0) is 18.6 Å². The summed E-state index contributed by atoms with van der Waals surface area (Å²) in [6.07, 6.45) is 0.0653. The number of nitrogens with zero attached hydrogens (tertiary/aromatic N) is 1. The van der Waals surface area contributed by atoms with Gasteiger partial charge >= 0.3 is 5.97 Å². The van der Waals surface area contributed by atoms with Crippen molar-refractivity contribution in [1.82, 2.24) is 4.31 Å². The number of hydrogen-bond donors (Lipinski definition) is 1. The van der Waals surface area contributed by atoms with Crippen LogP contribution in [0, 0.1) is 0 Å². The van der Waals surface area contributed by atoms with Gasteiger partial charge in [-0.1, -0.05) is 34.8 Å². The van der Waals surface area contributed by atoms with E-state index < -0.39 is 16.0 Å². The second kappa shape index (κ2) is 6.95. The zero-order valence-corrected chi connectivity index (χ0v) is 13.5. The van der Waals surface area contributed by atoms with E-state index in [0.29, 0.717) is 0 Å². The lowest BCUT2D eigenvalue weighted by atomic mass is 10.3. The van der Waals surface area contributed by atoms with Crippen LogP contribution in [-0.4, -0.2) is 37.4 Å². The number of carbonyl (C=O) groups is 1. The van der Waals surface area contributed by atoms with Crippen LogP contribution in [0.25, 0.3) is 0 Å². The van der Waals surface area contributed by atoms with Gasteiger partial charge in [0.2, 0.25) is 10.0 Å². The maximum Gasteiger partial charge on any atom is 0.303 e. The summed E-state index contributed by atoms with van der Waals surface area (Å²) < 4.78 is 25.7. The Morgan fingerprint density at radius 1 is 1.25 bits per heavy atom. The molecule has 0 bridgehead atoms. The van der Waals surface area contributed by atoms with Gasteiger partial charge in [-0.15, -0.1) is 0 Å². The molecule has 0 aliphatic carbocycles. The van der Waals surface area contributed by atoms with Gasteiger partial charge < -0.3 is 5.11 Å². The van der Waals surface area contributed by atoms with E-state index in [-0.39, 0.29) is 39.3 Å². The molecule has 1 aromatic carbocycles. The Kier molecular flexibility index (Phi) is 6.09. The summed E-state index contributed by atoms with van der Waals surface area (Å²) in [5, 5.41) is 8.62. The first-order valence-electron chi connectivity index (χ1n) is 5.49. The molecule has 1 rings (SSSR count). The van der Waals surface area contributed by atoms with Crippen molar-refractivity contribution in [3.63, 3.8) is 0 Å². The van der Waals surface area contributed by atoms with Crippen LogP contribution in [0.3, 0.4) is 0 Å². The van der Waals surface area contributed by atoms with Gasteiger partial charge in [-0.3, -0.25) is 4.79 Å². The summed E-state index contributed by atoms with van der Waals surface area (Å²) in [5.74, 6) is -0.988. The SMILES string of the molecule is CN(CCCC(=O)O)S(=O)(=O)c1c(Cl)cc(Cl)cc1Cl. The molecule has 0 fully saturated rings. The predicted octanol–water partition coefficient (Wildman–Crippen LogP) is 3.13. The largest absolute Gasteiger partial charge is 0.481 e. The lowest BCUT2D eigenvalue weighted by Crippen LogP contribution is -2.28. The molecule has 0 unspecified atom stereocenters. The highest BCUT2D eigenvalue weighted by atomic mass is 35.5. The molecule has 0 saturated carbocycles. The first kappa shape index (κ1) is 17.5. The molecular weight excluding hydrogens is 349 g/mol. The summed E-state index contributed by atoms with van der Waals surface area (Å²) in [5.41, 5.74) is 0. The number of hydrogen-bond acceptors (Lipinski definition) is 3. The second-order valence-electron chi connectivity index (χ2n) is 4.02. The molecule has 0 aliphatic heterocycles. The maximum atomic E-state index is 12.3. The molecule has 0 atom stereocenters. The quantitative estimate of drug-likeness (QED) is 0.845. The van der Waals surface area contributed by atoms with Crippen molar-refractivity contribution in [2.45, 2.75) is 17.7 Å². The molecule has 9 heteroatoms. The molecule has 0 amide bonds. The third-order valence-electron chi connectivity index (χ3n) is 2.49. The predicted molar refractivity (Wildman–Crippen MR) is 78.2 cm³/mol. The summed E-state index contributed by atoms with van der Waals surface area (Å²) >= 11 is 17.5. The summed E-state index contributed by atoms with van der Waals surface area (Å²) in [7, 11) is -2.57. The van der Waals surface area contributed by atoms with Gasteiger partial charge in [0.15, 0.2) is 0 Å². The van der Waals surface area contributed by atoms with Crippen molar-refractivity contribution in [3.05, 3.63) is 27.2 Å². The highest BCUT2D eigenvalue weighted by Crippen LogP contribution is 2.34. The van der Waals surface area contributed by atoms with E-state index in [9.17, 15) is 13.2 Å². The highest BCUT2D eigenvalue weighted by Gasteiger charge is 2.26. The van der Waals surface area contributed by atoms with Gasteiger partial charge in [-0.25, -0.2) is 12.7 Å².